The minimum atomic E-state index is 0.394. The molecule has 112 valence electrons. The second-order valence-electron chi connectivity index (χ2n) is 6.22. The van der Waals surface area contributed by atoms with Crippen LogP contribution in [-0.2, 0) is 9.47 Å². The number of hydrogen-bond acceptors (Lipinski definition) is 4. The summed E-state index contributed by atoms with van der Waals surface area (Å²) in [7, 11) is 2.26. The summed E-state index contributed by atoms with van der Waals surface area (Å²) in [5.41, 5.74) is 0.394. The number of nitrogens with zero attached hydrogens (tertiary/aromatic N) is 1. The van der Waals surface area contributed by atoms with Gasteiger partial charge in [0.15, 0.2) is 0 Å². The van der Waals surface area contributed by atoms with E-state index in [1.807, 2.05) is 0 Å². The van der Waals surface area contributed by atoms with Crippen molar-refractivity contribution in [1.29, 1.82) is 0 Å². The van der Waals surface area contributed by atoms with Gasteiger partial charge >= 0.3 is 0 Å². The molecule has 0 amide bonds. The topological polar surface area (TPSA) is 33.7 Å². The molecular weight excluding hydrogens is 240 g/mol. The Balaban J connectivity index is 1.88. The van der Waals surface area contributed by atoms with E-state index in [-0.39, 0.29) is 0 Å². The van der Waals surface area contributed by atoms with Gasteiger partial charge in [-0.05, 0) is 44.7 Å². The monoisotopic (exact) mass is 270 g/mol. The summed E-state index contributed by atoms with van der Waals surface area (Å²) in [6.07, 6.45) is 4.76. The standard InChI is InChI=1S/C15H30N2O2/c1-3-7-16-12-15(5-9-18-10-6-15)13-17(2)14-4-8-19-11-14/h14,16H,3-13H2,1-2H3. The second kappa shape index (κ2) is 7.58. The Hall–Kier alpha value is -0.160. The third-order valence-corrected chi connectivity index (χ3v) is 4.59. The van der Waals surface area contributed by atoms with E-state index in [4.69, 9.17) is 9.47 Å². The van der Waals surface area contributed by atoms with Crippen LogP contribution in [0.2, 0.25) is 0 Å². The molecule has 2 aliphatic heterocycles. The van der Waals surface area contributed by atoms with Gasteiger partial charge in [-0.2, -0.15) is 0 Å². The summed E-state index contributed by atoms with van der Waals surface area (Å²) in [5.74, 6) is 0. The van der Waals surface area contributed by atoms with Crippen molar-refractivity contribution >= 4 is 0 Å². The molecule has 0 bridgehead atoms. The van der Waals surface area contributed by atoms with Gasteiger partial charge in [0.2, 0.25) is 0 Å². The summed E-state index contributed by atoms with van der Waals surface area (Å²) < 4.78 is 11.1. The van der Waals surface area contributed by atoms with Crippen LogP contribution in [0.1, 0.15) is 32.6 Å². The van der Waals surface area contributed by atoms with Crippen molar-refractivity contribution in [1.82, 2.24) is 10.2 Å². The fourth-order valence-corrected chi connectivity index (χ4v) is 3.25. The SMILES string of the molecule is CCCNCC1(CN(C)C2CCOC2)CCOCC1. The zero-order valence-corrected chi connectivity index (χ0v) is 12.6. The molecule has 2 fully saturated rings. The zero-order valence-electron chi connectivity index (χ0n) is 12.6. The highest BCUT2D eigenvalue weighted by molar-refractivity contribution is 4.88. The van der Waals surface area contributed by atoms with Gasteiger partial charge in [0.05, 0.1) is 6.61 Å². The van der Waals surface area contributed by atoms with Gasteiger partial charge in [-0.25, -0.2) is 0 Å². The van der Waals surface area contributed by atoms with E-state index in [1.165, 1.54) is 32.2 Å². The molecule has 19 heavy (non-hydrogen) atoms. The molecule has 1 atom stereocenters. The Morgan fingerprint density at radius 1 is 1.21 bits per heavy atom. The highest BCUT2D eigenvalue weighted by atomic mass is 16.5. The number of hydrogen-bond donors (Lipinski definition) is 1. The third kappa shape index (κ3) is 4.42. The molecule has 4 nitrogen and oxygen atoms in total. The van der Waals surface area contributed by atoms with Gasteiger partial charge in [0, 0.05) is 39.0 Å². The normalized spacial score (nSPS) is 27.0. The summed E-state index contributed by atoms with van der Waals surface area (Å²) in [5, 5.41) is 3.63. The maximum absolute atomic E-state index is 5.57. The van der Waals surface area contributed by atoms with E-state index in [0.29, 0.717) is 11.5 Å². The fraction of sp³-hybridized carbons (Fsp3) is 1.00. The molecular formula is C15H30N2O2. The van der Waals surface area contributed by atoms with Crippen LogP contribution in [0.15, 0.2) is 0 Å². The first-order valence-electron chi connectivity index (χ1n) is 7.82. The lowest BCUT2D eigenvalue weighted by molar-refractivity contribution is -0.00719. The van der Waals surface area contributed by atoms with Crippen molar-refractivity contribution in [2.24, 2.45) is 5.41 Å². The number of ether oxygens (including phenoxy) is 2. The van der Waals surface area contributed by atoms with E-state index >= 15 is 0 Å². The van der Waals surface area contributed by atoms with Gasteiger partial charge in [0.1, 0.15) is 0 Å². The van der Waals surface area contributed by atoms with E-state index in [0.717, 1.165) is 39.5 Å². The van der Waals surface area contributed by atoms with Crippen molar-refractivity contribution in [3.63, 3.8) is 0 Å². The summed E-state index contributed by atoms with van der Waals surface area (Å²) in [6, 6.07) is 0.617. The Kier molecular flexibility index (Phi) is 6.07. The average molecular weight is 270 g/mol. The van der Waals surface area contributed by atoms with Gasteiger partial charge in [-0.1, -0.05) is 6.92 Å². The van der Waals surface area contributed by atoms with Gasteiger partial charge < -0.3 is 19.7 Å². The molecule has 0 saturated carbocycles. The average Bonchev–Trinajstić information content (AvgIpc) is 2.94. The molecule has 0 aromatic rings. The molecule has 0 aromatic heterocycles. The van der Waals surface area contributed by atoms with Crippen molar-refractivity contribution in [2.75, 3.05) is 53.1 Å². The molecule has 0 spiro atoms. The number of rotatable bonds is 7. The maximum atomic E-state index is 5.57. The van der Waals surface area contributed by atoms with Crippen LogP contribution in [0.25, 0.3) is 0 Å². The largest absolute Gasteiger partial charge is 0.381 e. The van der Waals surface area contributed by atoms with Gasteiger partial charge in [-0.3, -0.25) is 0 Å². The Morgan fingerprint density at radius 3 is 2.63 bits per heavy atom. The van der Waals surface area contributed by atoms with E-state index in [9.17, 15) is 0 Å². The van der Waals surface area contributed by atoms with E-state index < -0.39 is 0 Å². The van der Waals surface area contributed by atoms with Crippen LogP contribution in [-0.4, -0.2) is 64.1 Å². The molecule has 0 radical (unpaired) electrons. The molecule has 2 saturated heterocycles. The summed E-state index contributed by atoms with van der Waals surface area (Å²) in [4.78, 5) is 2.52. The lowest BCUT2D eigenvalue weighted by Crippen LogP contribution is -2.49. The first kappa shape index (κ1) is 15.2. The predicted molar refractivity (Wildman–Crippen MR) is 77.5 cm³/mol. The first-order chi connectivity index (χ1) is 9.26. The van der Waals surface area contributed by atoms with Crippen molar-refractivity contribution in [3.05, 3.63) is 0 Å². The summed E-state index contributed by atoms with van der Waals surface area (Å²) >= 11 is 0. The first-order valence-corrected chi connectivity index (χ1v) is 7.82. The smallest absolute Gasteiger partial charge is 0.0622 e. The van der Waals surface area contributed by atoms with Crippen LogP contribution in [0, 0.1) is 5.41 Å². The lowest BCUT2D eigenvalue weighted by atomic mass is 9.79. The third-order valence-electron chi connectivity index (χ3n) is 4.59. The van der Waals surface area contributed by atoms with Crippen molar-refractivity contribution in [2.45, 2.75) is 38.6 Å². The van der Waals surface area contributed by atoms with E-state index in [1.54, 1.807) is 0 Å². The molecule has 2 aliphatic rings. The molecule has 4 heteroatoms. The van der Waals surface area contributed by atoms with Crippen LogP contribution < -0.4 is 5.32 Å². The fourth-order valence-electron chi connectivity index (χ4n) is 3.25. The van der Waals surface area contributed by atoms with Gasteiger partial charge in [0.25, 0.3) is 0 Å². The van der Waals surface area contributed by atoms with Gasteiger partial charge in [-0.15, -0.1) is 0 Å². The quantitative estimate of drug-likeness (QED) is 0.711. The Morgan fingerprint density at radius 2 is 2.00 bits per heavy atom. The highest BCUT2D eigenvalue weighted by Gasteiger charge is 2.35. The molecule has 1 N–H and O–H groups in total. The molecule has 2 heterocycles. The van der Waals surface area contributed by atoms with Crippen LogP contribution in [0.4, 0.5) is 0 Å². The maximum Gasteiger partial charge on any atom is 0.0622 e. The Bertz CT molecular complexity index is 249. The summed E-state index contributed by atoms with van der Waals surface area (Å²) in [6.45, 7) is 9.32. The number of nitrogens with one attached hydrogen (secondary N) is 1. The molecule has 0 aromatic carbocycles. The highest BCUT2D eigenvalue weighted by Crippen LogP contribution is 2.31. The van der Waals surface area contributed by atoms with E-state index in [2.05, 4.69) is 24.2 Å². The molecule has 1 unspecified atom stereocenters. The number of likely N-dealkylation sites (N-methyl/N-ethyl adjacent to an activating group) is 1. The molecule has 0 aliphatic carbocycles. The predicted octanol–water partition coefficient (Wildman–Crippen LogP) is 1.50. The van der Waals surface area contributed by atoms with Crippen LogP contribution in [0.3, 0.4) is 0 Å². The Labute approximate surface area is 117 Å². The molecule has 2 rings (SSSR count). The minimum absolute atomic E-state index is 0.394. The zero-order chi connectivity index (χ0) is 13.6. The van der Waals surface area contributed by atoms with Crippen LogP contribution >= 0.6 is 0 Å². The lowest BCUT2D eigenvalue weighted by Gasteiger charge is -2.41. The van der Waals surface area contributed by atoms with Crippen molar-refractivity contribution in [3.8, 4) is 0 Å². The van der Waals surface area contributed by atoms with Crippen LogP contribution in [0.5, 0.6) is 0 Å². The van der Waals surface area contributed by atoms with Crippen molar-refractivity contribution < 1.29 is 9.47 Å². The second-order valence-corrected chi connectivity index (χ2v) is 6.22. The minimum Gasteiger partial charge on any atom is -0.381 e.